The molecule has 0 bridgehead atoms. The van der Waals surface area contributed by atoms with E-state index in [2.05, 4.69) is 58.4 Å². The molecule has 0 amide bonds. The van der Waals surface area contributed by atoms with Gasteiger partial charge in [-0.3, -0.25) is 0 Å². The van der Waals surface area contributed by atoms with Crippen molar-refractivity contribution in [1.29, 1.82) is 0 Å². The van der Waals surface area contributed by atoms with Crippen molar-refractivity contribution >= 4 is 87.9 Å². The SMILES string of the molecule is CCN(CC)c1ccc(N=Nc2nc(-c3ccccc3)ns2)c([N-]S(=O)(=O)N(C)C)c1.CCN(CC)c1ccc(N=Nc2nc(-c3ccccc3)ns2)c([N-]S(=O)(=O)N(C)C)c1.[Co+2]. The van der Waals surface area contributed by atoms with Crippen LogP contribution in [0.25, 0.3) is 32.2 Å². The Labute approximate surface area is 388 Å². The fourth-order valence-corrected chi connectivity index (χ4v) is 7.59. The summed E-state index contributed by atoms with van der Waals surface area (Å²) < 4.78 is 68.1. The molecule has 335 valence electrons. The molecule has 4 aromatic carbocycles. The second kappa shape index (κ2) is 23.4. The van der Waals surface area contributed by atoms with Crippen molar-refractivity contribution in [3.05, 3.63) is 107 Å². The third-order valence-electron chi connectivity index (χ3n) is 8.91. The molecule has 6 rings (SSSR count). The minimum atomic E-state index is -3.83. The molecule has 23 heteroatoms. The zero-order chi connectivity index (χ0) is 44.9. The maximum absolute atomic E-state index is 12.4. The van der Waals surface area contributed by atoms with Gasteiger partial charge in [-0.15, -0.1) is 20.5 Å². The van der Waals surface area contributed by atoms with Gasteiger partial charge in [-0.05, 0) is 52.0 Å². The molecule has 2 heterocycles. The minimum absolute atomic E-state index is 0. The molecule has 0 spiro atoms. The molecular formula is C40H48CoN14O4S4. The van der Waals surface area contributed by atoms with Gasteiger partial charge in [0.15, 0.2) is 32.1 Å². The number of benzene rings is 4. The third kappa shape index (κ3) is 13.9. The van der Waals surface area contributed by atoms with Crippen molar-refractivity contribution in [2.75, 3.05) is 64.2 Å². The van der Waals surface area contributed by atoms with E-state index in [4.69, 9.17) is 0 Å². The monoisotopic (exact) mass is 975 g/mol. The molecule has 1 radical (unpaired) electrons. The van der Waals surface area contributed by atoms with Gasteiger partial charge in [0.2, 0.25) is 10.3 Å². The van der Waals surface area contributed by atoms with Gasteiger partial charge in [-0.2, -0.15) is 18.7 Å². The number of azo groups is 2. The van der Waals surface area contributed by atoms with Crippen molar-refractivity contribution in [2.45, 2.75) is 27.7 Å². The van der Waals surface area contributed by atoms with Gasteiger partial charge < -0.3 is 19.2 Å². The van der Waals surface area contributed by atoms with Crippen LogP contribution in [-0.4, -0.2) is 98.5 Å². The summed E-state index contributed by atoms with van der Waals surface area (Å²) in [7, 11) is -1.94. The number of anilines is 2. The van der Waals surface area contributed by atoms with E-state index in [0.29, 0.717) is 33.3 Å². The number of rotatable bonds is 18. The molecule has 0 aliphatic carbocycles. The van der Waals surface area contributed by atoms with Crippen LogP contribution in [-0.2, 0) is 37.2 Å². The van der Waals surface area contributed by atoms with E-state index in [1.54, 1.807) is 24.3 Å². The minimum Gasteiger partial charge on any atom is -0.562 e. The van der Waals surface area contributed by atoms with Crippen LogP contribution in [0.1, 0.15) is 27.7 Å². The Balaban J connectivity index is 0.000000272. The molecule has 0 atom stereocenters. The number of hydrogen-bond donors (Lipinski definition) is 0. The van der Waals surface area contributed by atoms with Crippen LogP contribution < -0.4 is 9.80 Å². The molecule has 0 unspecified atom stereocenters. The zero-order valence-corrected chi connectivity index (χ0v) is 40.2. The summed E-state index contributed by atoms with van der Waals surface area (Å²) in [5.74, 6) is 1.13. The van der Waals surface area contributed by atoms with E-state index in [1.807, 2.05) is 100 Å². The molecule has 63 heavy (non-hydrogen) atoms. The van der Waals surface area contributed by atoms with E-state index in [9.17, 15) is 16.8 Å². The summed E-state index contributed by atoms with van der Waals surface area (Å²) in [5, 5.41) is 17.5. The smallest absolute Gasteiger partial charge is 0.562 e. The number of aromatic nitrogens is 4. The number of hydrogen-bond acceptors (Lipinski definition) is 16. The molecule has 2 aromatic heterocycles. The van der Waals surface area contributed by atoms with Crippen LogP contribution in [0.3, 0.4) is 0 Å². The van der Waals surface area contributed by atoms with Gasteiger partial charge in [-0.1, -0.05) is 84.2 Å². The Morgan fingerprint density at radius 3 is 1.19 bits per heavy atom. The van der Waals surface area contributed by atoms with E-state index in [1.165, 1.54) is 28.2 Å². The Morgan fingerprint density at radius 2 is 0.873 bits per heavy atom. The quantitative estimate of drug-likeness (QED) is 0.0744. The normalized spacial score (nSPS) is 11.7. The molecule has 0 saturated carbocycles. The Morgan fingerprint density at radius 1 is 0.524 bits per heavy atom. The second-order valence-corrected chi connectivity index (χ2v) is 18.4. The van der Waals surface area contributed by atoms with Crippen molar-refractivity contribution in [2.24, 2.45) is 20.5 Å². The van der Waals surface area contributed by atoms with E-state index < -0.39 is 20.4 Å². The van der Waals surface area contributed by atoms with Gasteiger partial charge in [-0.25, -0.2) is 25.4 Å². The second-order valence-electron chi connectivity index (χ2n) is 13.3. The number of nitrogens with zero attached hydrogens (tertiary/aromatic N) is 14. The van der Waals surface area contributed by atoms with Crippen LogP contribution in [0.5, 0.6) is 0 Å². The Kier molecular flexibility index (Phi) is 18.7. The molecule has 0 aliphatic heterocycles. The van der Waals surface area contributed by atoms with Gasteiger partial charge in [0.1, 0.15) is 0 Å². The largest absolute Gasteiger partial charge is 2.00 e. The molecule has 0 N–H and O–H groups in total. The molecular weight excluding hydrogens is 928 g/mol. The molecule has 18 nitrogen and oxygen atoms in total. The topological polar surface area (TPSA) is 210 Å². The average molecular weight is 976 g/mol. The molecule has 0 aliphatic rings. The first kappa shape index (κ1) is 50.4. The Bertz CT molecular complexity index is 2470. The third-order valence-corrected chi connectivity index (χ3v) is 12.8. The van der Waals surface area contributed by atoms with Crippen LogP contribution in [0, 0.1) is 0 Å². The van der Waals surface area contributed by atoms with E-state index in [0.717, 1.165) is 80.4 Å². The summed E-state index contributed by atoms with van der Waals surface area (Å²) in [4.78, 5) is 13.0. The van der Waals surface area contributed by atoms with Crippen molar-refractivity contribution in [3.63, 3.8) is 0 Å². The summed E-state index contributed by atoms with van der Waals surface area (Å²) in [6.07, 6.45) is 0. The van der Waals surface area contributed by atoms with Crippen LogP contribution in [0.4, 0.5) is 44.4 Å². The first-order valence-electron chi connectivity index (χ1n) is 19.4. The van der Waals surface area contributed by atoms with Crippen LogP contribution >= 0.6 is 23.1 Å². The molecule has 0 saturated heterocycles. The van der Waals surface area contributed by atoms with Gasteiger partial charge in [0.05, 0.1) is 11.4 Å². The summed E-state index contributed by atoms with van der Waals surface area (Å²) >= 11 is 2.23. The van der Waals surface area contributed by atoms with Crippen molar-refractivity contribution in [1.82, 2.24) is 27.3 Å². The fourth-order valence-electron chi connectivity index (χ4n) is 5.44. The maximum Gasteiger partial charge on any atom is 2.00 e. The zero-order valence-electron chi connectivity index (χ0n) is 35.9. The molecule has 0 fully saturated rings. The van der Waals surface area contributed by atoms with Gasteiger partial charge in [0.25, 0.3) is 0 Å². The predicted octanol–water partition coefficient (Wildman–Crippen LogP) is 10.6. The molecule has 6 aromatic rings. The van der Waals surface area contributed by atoms with Crippen LogP contribution in [0.15, 0.2) is 118 Å². The standard InChI is InChI=1S/2C20H24N7O2S2.Co/c2*1-5-27(6-2)16-12-13-17(18(14-16)25-31(28,29)26(3)4)22-23-20-21-19(24-30-20)15-10-8-7-9-11-15;/h2*7-14H,5-6H2,1-4H3;/q2*-1;+2. The first-order valence-corrected chi connectivity index (χ1v) is 23.7. The average Bonchev–Trinajstić information content (AvgIpc) is 3.95. The fraction of sp³-hybridized carbons (Fsp3) is 0.300. The van der Waals surface area contributed by atoms with Gasteiger partial charge in [0, 0.05) is 99.9 Å². The maximum atomic E-state index is 12.4. The predicted molar refractivity (Wildman–Crippen MR) is 250 cm³/mol. The van der Waals surface area contributed by atoms with Crippen molar-refractivity contribution in [3.8, 4) is 22.8 Å². The summed E-state index contributed by atoms with van der Waals surface area (Å²) in [5.41, 5.74) is 4.59. The summed E-state index contributed by atoms with van der Waals surface area (Å²) in [6.45, 7) is 11.3. The summed E-state index contributed by atoms with van der Waals surface area (Å²) in [6, 6.07) is 29.7. The van der Waals surface area contributed by atoms with Gasteiger partial charge >= 0.3 is 16.8 Å². The first-order chi connectivity index (χ1) is 29.7. The Hall–Kier alpha value is -5.27. The van der Waals surface area contributed by atoms with E-state index >= 15 is 0 Å². The van der Waals surface area contributed by atoms with E-state index in [-0.39, 0.29) is 28.2 Å². The van der Waals surface area contributed by atoms with Crippen LogP contribution in [0.2, 0.25) is 0 Å². The van der Waals surface area contributed by atoms with Crippen molar-refractivity contribution < 1.29 is 33.6 Å².